The van der Waals surface area contributed by atoms with Crippen molar-refractivity contribution in [3.8, 4) is 5.75 Å². The lowest BCUT2D eigenvalue weighted by atomic mass is 10.1. The molecule has 6 heteroatoms. The van der Waals surface area contributed by atoms with E-state index in [4.69, 9.17) is 10.6 Å². The molecule has 0 aromatic carbocycles. The van der Waals surface area contributed by atoms with Gasteiger partial charge in [0.1, 0.15) is 11.4 Å². The fourth-order valence-corrected chi connectivity index (χ4v) is 4.69. The predicted molar refractivity (Wildman–Crippen MR) is 74.4 cm³/mol. The molecule has 4 nitrogen and oxygen atoms in total. The minimum Gasteiger partial charge on any atom is -0.495 e. The van der Waals surface area contributed by atoms with Crippen molar-refractivity contribution in [1.82, 2.24) is 10.4 Å². The number of aromatic nitrogens is 1. The number of thioether (sulfide) groups is 2. The molecule has 2 unspecified atom stereocenters. The highest BCUT2D eigenvalue weighted by molar-refractivity contribution is 8.06. The van der Waals surface area contributed by atoms with Crippen LogP contribution in [0.15, 0.2) is 18.3 Å². The molecule has 0 bridgehead atoms. The molecule has 2 heterocycles. The predicted octanol–water partition coefficient (Wildman–Crippen LogP) is 1.44. The Morgan fingerprint density at radius 2 is 2.47 bits per heavy atom. The largest absolute Gasteiger partial charge is 0.495 e. The van der Waals surface area contributed by atoms with Crippen molar-refractivity contribution in [1.29, 1.82) is 0 Å². The van der Waals surface area contributed by atoms with Gasteiger partial charge >= 0.3 is 0 Å². The van der Waals surface area contributed by atoms with Gasteiger partial charge in [-0.15, -0.1) is 0 Å². The highest BCUT2D eigenvalue weighted by Crippen LogP contribution is 2.35. The SMILES string of the molecule is COc1cccnc1C(NN)C1CSCCS1. The number of methoxy groups -OCH3 is 1. The Balaban J connectivity index is 2.21. The molecule has 1 aliphatic rings. The number of hydrogen-bond donors (Lipinski definition) is 2. The van der Waals surface area contributed by atoms with Gasteiger partial charge in [0.25, 0.3) is 0 Å². The van der Waals surface area contributed by atoms with Crippen LogP contribution < -0.4 is 16.0 Å². The summed E-state index contributed by atoms with van der Waals surface area (Å²) in [6.45, 7) is 0. The molecule has 2 rings (SSSR count). The van der Waals surface area contributed by atoms with Crippen molar-refractivity contribution in [2.24, 2.45) is 5.84 Å². The van der Waals surface area contributed by atoms with Gasteiger partial charge in [-0.2, -0.15) is 23.5 Å². The minimum absolute atomic E-state index is 0.0453. The molecular weight excluding hydrogens is 254 g/mol. The zero-order chi connectivity index (χ0) is 12.1. The van der Waals surface area contributed by atoms with Gasteiger partial charge < -0.3 is 4.74 Å². The van der Waals surface area contributed by atoms with Gasteiger partial charge in [0.2, 0.25) is 0 Å². The maximum atomic E-state index is 5.69. The van der Waals surface area contributed by atoms with Crippen molar-refractivity contribution in [2.45, 2.75) is 11.3 Å². The van der Waals surface area contributed by atoms with Crippen LogP contribution in [-0.4, -0.2) is 34.6 Å². The van der Waals surface area contributed by atoms with Gasteiger partial charge in [0, 0.05) is 28.7 Å². The second-order valence-corrected chi connectivity index (χ2v) is 6.22. The Labute approximate surface area is 110 Å². The summed E-state index contributed by atoms with van der Waals surface area (Å²) >= 11 is 3.92. The number of ether oxygens (including phenoxy) is 1. The standard InChI is InChI=1S/C11H17N3OS2/c1-15-8-3-2-4-13-10(8)11(14-12)9-7-16-5-6-17-9/h2-4,9,11,14H,5-7,12H2,1H3. The van der Waals surface area contributed by atoms with Gasteiger partial charge in [0.15, 0.2) is 0 Å². The van der Waals surface area contributed by atoms with Crippen molar-refractivity contribution in [2.75, 3.05) is 24.4 Å². The van der Waals surface area contributed by atoms with Gasteiger partial charge in [0.05, 0.1) is 13.2 Å². The average molecular weight is 271 g/mol. The monoisotopic (exact) mass is 271 g/mol. The second-order valence-electron chi connectivity index (χ2n) is 3.72. The number of pyridine rings is 1. The van der Waals surface area contributed by atoms with E-state index in [1.807, 2.05) is 35.7 Å². The molecular formula is C11H17N3OS2. The molecule has 0 aliphatic carbocycles. The summed E-state index contributed by atoms with van der Waals surface area (Å²) in [7, 11) is 1.66. The third-order valence-electron chi connectivity index (χ3n) is 2.71. The zero-order valence-electron chi connectivity index (χ0n) is 9.76. The molecule has 0 saturated carbocycles. The third kappa shape index (κ3) is 3.07. The van der Waals surface area contributed by atoms with E-state index in [1.54, 1.807) is 13.3 Å². The first-order chi connectivity index (χ1) is 8.36. The average Bonchev–Trinajstić information content (AvgIpc) is 2.41. The molecule has 1 aliphatic heterocycles. The molecule has 94 valence electrons. The summed E-state index contributed by atoms with van der Waals surface area (Å²) in [5.41, 5.74) is 3.79. The van der Waals surface area contributed by atoms with E-state index in [0.717, 1.165) is 17.2 Å². The number of hydrazine groups is 1. The van der Waals surface area contributed by atoms with Crippen LogP contribution in [0, 0.1) is 0 Å². The van der Waals surface area contributed by atoms with Crippen LogP contribution >= 0.6 is 23.5 Å². The maximum absolute atomic E-state index is 5.69. The Morgan fingerprint density at radius 3 is 3.12 bits per heavy atom. The Kier molecular flexibility index (Phi) is 4.97. The third-order valence-corrected chi connectivity index (χ3v) is 5.57. The Morgan fingerprint density at radius 1 is 1.59 bits per heavy atom. The van der Waals surface area contributed by atoms with Crippen LogP contribution in [0.5, 0.6) is 5.75 Å². The number of rotatable bonds is 4. The van der Waals surface area contributed by atoms with Crippen molar-refractivity contribution in [3.63, 3.8) is 0 Å². The molecule has 0 amide bonds. The van der Waals surface area contributed by atoms with E-state index in [0.29, 0.717) is 5.25 Å². The number of nitrogens with one attached hydrogen (secondary N) is 1. The number of hydrogen-bond acceptors (Lipinski definition) is 6. The minimum atomic E-state index is 0.0453. The number of nitrogens with zero attached hydrogens (tertiary/aromatic N) is 1. The summed E-state index contributed by atoms with van der Waals surface area (Å²) in [5.74, 6) is 9.97. The van der Waals surface area contributed by atoms with Crippen LogP contribution in [-0.2, 0) is 0 Å². The molecule has 1 aromatic rings. The summed E-state index contributed by atoms with van der Waals surface area (Å²) in [6.07, 6.45) is 1.78. The van der Waals surface area contributed by atoms with E-state index >= 15 is 0 Å². The van der Waals surface area contributed by atoms with Gasteiger partial charge in [-0.1, -0.05) is 0 Å². The first kappa shape index (κ1) is 13.0. The fourth-order valence-electron chi connectivity index (χ4n) is 1.87. The molecule has 3 N–H and O–H groups in total. The molecule has 17 heavy (non-hydrogen) atoms. The molecule has 1 fully saturated rings. The summed E-state index contributed by atoms with van der Waals surface area (Å²) in [6, 6.07) is 3.84. The zero-order valence-corrected chi connectivity index (χ0v) is 11.4. The quantitative estimate of drug-likeness (QED) is 0.638. The van der Waals surface area contributed by atoms with Crippen LogP contribution in [0.1, 0.15) is 11.7 Å². The normalized spacial score (nSPS) is 22.1. The first-order valence-corrected chi connectivity index (χ1v) is 7.71. The van der Waals surface area contributed by atoms with Gasteiger partial charge in [-0.3, -0.25) is 16.3 Å². The first-order valence-electron chi connectivity index (χ1n) is 5.51. The van der Waals surface area contributed by atoms with Crippen molar-refractivity contribution in [3.05, 3.63) is 24.0 Å². The lowest BCUT2D eigenvalue weighted by Gasteiger charge is -2.29. The van der Waals surface area contributed by atoms with Crippen LogP contribution in [0.4, 0.5) is 0 Å². The lowest BCUT2D eigenvalue weighted by molar-refractivity contribution is 0.394. The van der Waals surface area contributed by atoms with E-state index in [9.17, 15) is 0 Å². The Bertz CT molecular complexity index is 358. The second kappa shape index (κ2) is 6.49. The highest BCUT2D eigenvalue weighted by Gasteiger charge is 2.28. The van der Waals surface area contributed by atoms with Gasteiger partial charge in [-0.25, -0.2) is 0 Å². The van der Waals surface area contributed by atoms with E-state index in [1.165, 1.54) is 11.5 Å². The fraction of sp³-hybridized carbons (Fsp3) is 0.545. The van der Waals surface area contributed by atoms with E-state index < -0.39 is 0 Å². The lowest BCUT2D eigenvalue weighted by Crippen LogP contribution is -2.38. The molecule has 0 spiro atoms. The molecule has 2 atom stereocenters. The molecule has 1 aromatic heterocycles. The van der Waals surface area contributed by atoms with E-state index in [-0.39, 0.29) is 6.04 Å². The van der Waals surface area contributed by atoms with Crippen molar-refractivity contribution >= 4 is 23.5 Å². The molecule has 1 saturated heterocycles. The van der Waals surface area contributed by atoms with Gasteiger partial charge in [-0.05, 0) is 12.1 Å². The van der Waals surface area contributed by atoms with Crippen LogP contribution in [0.25, 0.3) is 0 Å². The van der Waals surface area contributed by atoms with Crippen molar-refractivity contribution < 1.29 is 4.74 Å². The van der Waals surface area contributed by atoms with E-state index in [2.05, 4.69) is 10.4 Å². The highest BCUT2D eigenvalue weighted by atomic mass is 32.2. The maximum Gasteiger partial charge on any atom is 0.142 e. The van der Waals surface area contributed by atoms with Crippen LogP contribution in [0.2, 0.25) is 0 Å². The topological polar surface area (TPSA) is 60.2 Å². The summed E-state index contributed by atoms with van der Waals surface area (Å²) in [4.78, 5) is 4.41. The van der Waals surface area contributed by atoms with Crippen LogP contribution in [0.3, 0.4) is 0 Å². The summed E-state index contributed by atoms with van der Waals surface area (Å²) in [5, 5.41) is 0.447. The molecule has 0 radical (unpaired) electrons. The summed E-state index contributed by atoms with van der Waals surface area (Å²) < 4.78 is 5.34. The smallest absolute Gasteiger partial charge is 0.142 e. The Hall–Kier alpha value is -0.430. The number of nitrogens with two attached hydrogens (primary N) is 1.